The van der Waals surface area contributed by atoms with Crippen LogP contribution >= 0.6 is 34.8 Å². The van der Waals surface area contributed by atoms with Crippen LogP contribution in [0.5, 0.6) is 0 Å². The summed E-state index contributed by atoms with van der Waals surface area (Å²) >= 11 is 19.1. The summed E-state index contributed by atoms with van der Waals surface area (Å²) in [5.41, 5.74) is -2.14. The Morgan fingerprint density at radius 3 is 2.00 bits per heavy atom. The molecule has 42 heavy (non-hydrogen) atoms. The first-order chi connectivity index (χ1) is 19.4. The van der Waals surface area contributed by atoms with Gasteiger partial charge in [-0.3, -0.25) is 14.4 Å². The summed E-state index contributed by atoms with van der Waals surface area (Å²) in [6.07, 6.45) is 5.70. The lowest BCUT2D eigenvalue weighted by Crippen LogP contribution is -2.51. The predicted molar refractivity (Wildman–Crippen MR) is 165 cm³/mol. The van der Waals surface area contributed by atoms with Gasteiger partial charge < -0.3 is 20.1 Å². The highest BCUT2D eigenvalue weighted by atomic mass is 35.5. The third kappa shape index (κ3) is 8.06. The normalized spacial score (nSPS) is 35.5. The van der Waals surface area contributed by atoms with Crippen LogP contribution in [-0.2, 0) is 28.7 Å². The Balaban J connectivity index is 1.57. The van der Waals surface area contributed by atoms with Crippen LogP contribution in [-0.4, -0.2) is 64.7 Å². The Morgan fingerprint density at radius 1 is 0.905 bits per heavy atom. The van der Waals surface area contributed by atoms with Crippen LogP contribution in [0.1, 0.15) is 99.3 Å². The summed E-state index contributed by atoms with van der Waals surface area (Å²) in [5, 5.41) is 5.19. The first kappa shape index (κ1) is 35.2. The molecule has 2 unspecified atom stereocenters. The zero-order valence-corrected chi connectivity index (χ0v) is 28.3. The maximum Gasteiger partial charge on any atom is 0.328 e. The molecular weight excluding hydrogens is 603 g/mol. The number of nitrogens with one attached hydrogen (secondary N) is 2. The smallest absolute Gasteiger partial charge is 0.328 e. The van der Waals surface area contributed by atoms with Crippen molar-refractivity contribution in [1.29, 1.82) is 0 Å². The Labute approximate surface area is 266 Å². The summed E-state index contributed by atoms with van der Waals surface area (Å²) in [5.74, 6) is -1.92. The highest BCUT2D eigenvalue weighted by Gasteiger charge is 2.59. The van der Waals surface area contributed by atoms with Crippen LogP contribution in [0.3, 0.4) is 0 Å². The van der Waals surface area contributed by atoms with E-state index in [0.29, 0.717) is 32.1 Å². The van der Waals surface area contributed by atoms with E-state index in [1.165, 1.54) is 7.11 Å². The van der Waals surface area contributed by atoms with Crippen molar-refractivity contribution in [3.63, 3.8) is 0 Å². The van der Waals surface area contributed by atoms with Gasteiger partial charge in [0.25, 0.3) is 0 Å². The van der Waals surface area contributed by atoms with Gasteiger partial charge in [0.1, 0.15) is 11.6 Å². The van der Waals surface area contributed by atoms with Crippen molar-refractivity contribution in [2.75, 3.05) is 7.11 Å². The van der Waals surface area contributed by atoms with Gasteiger partial charge in [-0.15, -0.1) is 34.8 Å². The van der Waals surface area contributed by atoms with Gasteiger partial charge >= 0.3 is 11.9 Å². The number of methoxy groups -OCH3 is 1. The molecule has 0 aromatic rings. The van der Waals surface area contributed by atoms with Crippen LogP contribution in [0.25, 0.3) is 0 Å². The monoisotopic (exact) mass is 650 g/mol. The number of alkyl halides is 3. The summed E-state index contributed by atoms with van der Waals surface area (Å²) in [4.78, 5) is 52.5. The predicted octanol–water partition coefficient (Wildman–Crippen LogP) is 5.73. The molecule has 0 heterocycles. The number of carbonyl (C=O) groups is 4. The van der Waals surface area contributed by atoms with Gasteiger partial charge in [-0.25, -0.2) is 4.79 Å². The van der Waals surface area contributed by atoms with Crippen molar-refractivity contribution >= 4 is 58.6 Å². The van der Waals surface area contributed by atoms with Gasteiger partial charge in [-0.1, -0.05) is 13.8 Å². The van der Waals surface area contributed by atoms with Crippen molar-refractivity contribution in [3.8, 4) is 0 Å². The van der Waals surface area contributed by atoms with Crippen LogP contribution in [0.4, 0.5) is 0 Å². The SMILES string of the molecule is COC(=O)[C@H](CC1CCC(NC(=O)C2C(Cl)CC(Cl)CC2Cl)CC1)NC(=O)[C@H]1CC[C@@](C)(C(=O)OC(C)(C)C)C1(C)C. The van der Waals surface area contributed by atoms with E-state index < -0.39 is 51.0 Å². The fraction of sp³-hybridized carbons (Fsp3) is 0.871. The standard InChI is InChI=1S/C31H49Cl3N2O6/c1-29(2,3)42-28(40)31(6)13-12-20(30(31,4)5)25(37)36-23(27(39)41-7)14-17-8-10-19(11-9-17)35-26(38)24-21(33)15-18(32)16-22(24)34/h17-24H,8-16H2,1-7H3,(H,35,38)(H,36,37)/t17?,18?,19?,20-,21?,22?,23+,24?,31+/m1/s1. The minimum Gasteiger partial charge on any atom is -0.467 e. The van der Waals surface area contributed by atoms with Gasteiger partial charge in [-0.2, -0.15) is 0 Å². The Kier molecular flexibility index (Phi) is 11.6. The lowest BCUT2D eigenvalue weighted by atomic mass is 9.65. The quantitative estimate of drug-likeness (QED) is 0.256. The molecule has 3 aliphatic rings. The molecule has 0 aromatic heterocycles. The van der Waals surface area contributed by atoms with Crippen LogP contribution < -0.4 is 10.6 Å². The summed E-state index contributed by atoms with van der Waals surface area (Å²) < 4.78 is 10.8. The molecule has 2 amide bonds. The molecule has 0 aromatic carbocycles. The van der Waals surface area contributed by atoms with Crippen molar-refractivity contribution in [2.45, 2.75) is 133 Å². The number of carbonyl (C=O) groups excluding carboxylic acids is 4. The Bertz CT molecular complexity index is 997. The number of esters is 2. The molecule has 240 valence electrons. The third-order valence-electron chi connectivity index (χ3n) is 10.0. The van der Waals surface area contributed by atoms with E-state index >= 15 is 0 Å². The Hall–Kier alpha value is -1.25. The molecule has 0 aliphatic heterocycles. The second-order valence-corrected chi connectivity index (χ2v) is 16.1. The van der Waals surface area contributed by atoms with E-state index in [1.807, 2.05) is 41.5 Å². The number of hydrogen-bond donors (Lipinski definition) is 2. The van der Waals surface area contributed by atoms with Gasteiger partial charge in [0, 0.05) is 28.1 Å². The topological polar surface area (TPSA) is 111 Å². The summed E-state index contributed by atoms with van der Waals surface area (Å²) in [6, 6.07) is -0.784. The fourth-order valence-electron chi connectivity index (χ4n) is 6.95. The first-order valence-corrected chi connectivity index (χ1v) is 16.5. The fourth-order valence-corrected chi connectivity index (χ4v) is 8.60. The molecule has 0 radical (unpaired) electrons. The van der Waals surface area contributed by atoms with Gasteiger partial charge in [0.2, 0.25) is 11.8 Å². The van der Waals surface area contributed by atoms with Crippen molar-refractivity contribution in [2.24, 2.45) is 28.6 Å². The van der Waals surface area contributed by atoms with Gasteiger partial charge in [-0.05, 0) is 96.8 Å². The van der Waals surface area contributed by atoms with Crippen molar-refractivity contribution in [1.82, 2.24) is 10.6 Å². The molecule has 3 rings (SSSR count). The van der Waals surface area contributed by atoms with E-state index in [1.54, 1.807) is 0 Å². The van der Waals surface area contributed by atoms with Crippen molar-refractivity contribution < 1.29 is 28.7 Å². The second kappa shape index (κ2) is 13.8. The van der Waals surface area contributed by atoms with E-state index in [2.05, 4.69) is 10.6 Å². The van der Waals surface area contributed by atoms with E-state index in [9.17, 15) is 19.2 Å². The van der Waals surface area contributed by atoms with Crippen LogP contribution in [0.15, 0.2) is 0 Å². The number of ether oxygens (including phenoxy) is 2. The molecule has 11 heteroatoms. The molecule has 5 atom stereocenters. The van der Waals surface area contributed by atoms with Crippen LogP contribution in [0.2, 0.25) is 0 Å². The molecule has 3 fully saturated rings. The van der Waals surface area contributed by atoms with E-state index in [4.69, 9.17) is 44.3 Å². The largest absolute Gasteiger partial charge is 0.467 e. The molecule has 0 spiro atoms. The highest BCUT2D eigenvalue weighted by molar-refractivity contribution is 6.28. The summed E-state index contributed by atoms with van der Waals surface area (Å²) in [6.45, 7) is 11.2. The maximum absolute atomic E-state index is 13.6. The zero-order valence-electron chi connectivity index (χ0n) is 26.1. The van der Waals surface area contributed by atoms with Gasteiger partial charge in [0.05, 0.1) is 18.4 Å². The maximum atomic E-state index is 13.6. The van der Waals surface area contributed by atoms with Crippen molar-refractivity contribution in [3.05, 3.63) is 0 Å². The average Bonchev–Trinajstić information content (AvgIpc) is 3.12. The molecular formula is C31H49Cl3N2O6. The second-order valence-electron chi connectivity index (χ2n) is 14.3. The van der Waals surface area contributed by atoms with E-state index in [0.717, 1.165) is 25.7 Å². The third-order valence-corrected chi connectivity index (χ3v) is 11.3. The molecule has 0 bridgehead atoms. The summed E-state index contributed by atoms with van der Waals surface area (Å²) in [7, 11) is 1.32. The number of hydrogen-bond acceptors (Lipinski definition) is 6. The minimum atomic E-state index is -0.831. The molecule has 8 nitrogen and oxygen atoms in total. The molecule has 0 saturated heterocycles. The highest BCUT2D eigenvalue weighted by Crippen LogP contribution is 2.57. The number of rotatable bonds is 8. The molecule has 3 saturated carbocycles. The first-order valence-electron chi connectivity index (χ1n) is 15.2. The van der Waals surface area contributed by atoms with Crippen LogP contribution in [0, 0.1) is 28.6 Å². The number of halogens is 3. The Morgan fingerprint density at radius 2 is 1.48 bits per heavy atom. The lowest BCUT2D eigenvalue weighted by molar-refractivity contribution is -0.173. The minimum absolute atomic E-state index is 0.00574. The molecule has 3 aliphatic carbocycles. The zero-order chi connectivity index (χ0) is 31.6. The average molecular weight is 652 g/mol. The molecule has 2 N–H and O–H groups in total. The lowest BCUT2D eigenvalue weighted by Gasteiger charge is -2.40. The number of amides is 2. The van der Waals surface area contributed by atoms with E-state index in [-0.39, 0.29) is 35.1 Å². The van der Waals surface area contributed by atoms with Gasteiger partial charge in [0.15, 0.2) is 0 Å².